The molecule has 0 bridgehead atoms. The molecule has 2 fully saturated rings. The summed E-state index contributed by atoms with van der Waals surface area (Å²) >= 11 is 0. The normalized spacial score (nSPS) is 26.1. The lowest BCUT2D eigenvalue weighted by molar-refractivity contribution is -0.136. The van der Waals surface area contributed by atoms with Crippen LogP contribution in [0.15, 0.2) is 42.5 Å². The Bertz CT molecular complexity index is 610. The fourth-order valence-corrected chi connectivity index (χ4v) is 4.81. The van der Waals surface area contributed by atoms with Crippen molar-refractivity contribution in [3.8, 4) is 0 Å². The Balaban J connectivity index is 1.55. The Morgan fingerprint density at radius 2 is 1.82 bits per heavy atom. The molecule has 0 aromatic heterocycles. The van der Waals surface area contributed by atoms with E-state index in [0.717, 1.165) is 19.3 Å². The zero-order valence-electron chi connectivity index (χ0n) is 17.0. The lowest BCUT2D eigenvalue weighted by atomic mass is 9.93. The van der Waals surface area contributed by atoms with Crippen molar-refractivity contribution in [3.63, 3.8) is 0 Å². The second kappa shape index (κ2) is 11.4. The van der Waals surface area contributed by atoms with Gasteiger partial charge in [-0.1, -0.05) is 48.9 Å². The van der Waals surface area contributed by atoms with Crippen molar-refractivity contribution >= 4 is 5.97 Å². The zero-order chi connectivity index (χ0) is 19.6. The number of rotatable bonds is 10. The van der Waals surface area contributed by atoms with Gasteiger partial charge in [-0.25, -0.2) is 0 Å². The van der Waals surface area contributed by atoms with E-state index in [9.17, 15) is 4.79 Å². The van der Waals surface area contributed by atoms with Gasteiger partial charge in [-0.15, -0.1) is 0 Å². The van der Waals surface area contributed by atoms with Gasteiger partial charge in [-0.2, -0.15) is 0 Å². The topological polar surface area (TPSA) is 49.8 Å². The van der Waals surface area contributed by atoms with E-state index in [1.165, 1.54) is 44.3 Å². The van der Waals surface area contributed by atoms with E-state index in [4.69, 9.17) is 9.84 Å². The summed E-state index contributed by atoms with van der Waals surface area (Å²) < 4.78 is 6.40. The maximum absolute atomic E-state index is 10.6. The largest absolute Gasteiger partial charge is 0.481 e. The second-order valence-corrected chi connectivity index (χ2v) is 8.22. The number of ether oxygens (including phenoxy) is 1. The molecule has 0 radical (unpaired) electrons. The smallest absolute Gasteiger partial charge is 0.303 e. The molecule has 1 aliphatic carbocycles. The number of hydrogen-bond acceptors (Lipinski definition) is 3. The molecule has 1 aliphatic heterocycles. The van der Waals surface area contributed by atoms with E-state index in [-0.39, 0.29) is 6.42 Å². The Kier molecular flexibility index (Phi) is 8.56. The van der Waals surface area contributed by atoms with E-state index in [2.05, 4.69) is 35.2 Å². The molecule has 1 heterocycles. The molecular formula is C24H35NO3. The quantitative estimate of drug-likeness (QED) is 0.574. The summed E-state index contributed by atoms with van der Waals surface area (Å²) in [6, 6.07) is 11.1. The van der Waals surface area contributed by atoms with Gasteiger partial charge in [-0.3, -0.25) is 4.79 Å². The van der Waals surface area contributed by atoms with Crippen LogP contribution in [0.25, 0.3) is 0 Å². The van der Waals surface area contributed by atoms with Gasteiger partial charge in [0, 0.05) is 18.4 Å². The molecule has 4 nitrogen and oxygen atoms in total. The highest BCUT2D eigenvalue weighted by atomic mass is 16.5. The molecule has 3 atom stereocenters. The fourth-order valence-electron chi connectivity index (χ4n) is 4.81. The van der Waals surface area contributed by atoms with Crippen molar-refractivity contribution in [2.24, 2.45) is 5.92 Å². The molecule has 2 aliphatic rings. The number of carboxylic acids is 1. The van der Waals surface area contributed by atoms with Crippen molar-refractivity contribution in [2.75, 3.05) is 13.1 Å². The summed E-state index contributed by atoms with van der Waals surface area (Å²) in [6.45, 7) is 3.17. The van der Waals surface area contributed by atoms with Crippen LogP contribution in [0.4, 0.5) is 0 Å². The summed E-state index contributed by atoms with van der Waals surface area (Å²) in [4.78, 5) is 13.4. The van der Waals surface area contributed by atoms with Crippen molar-refractivity contribution in [3.05, 3.63) is 48.0 Å². The number of piperidine rings is 1. The third kappa shape index (κ3) is 6.46. The summed E-state index contributed by atoms with van der Waals surface area (Å²) in [5, 5.41) is 8.75. The summed E-state index contributed by atoms with van der Waals surface area (Å²) in [5.41, 5.74) is 1.25. The average Bonchev–Trinajstić information content (AvgIpc) is 3.13. The predicted octanol–water partition coefficient (Wildman–Crippen LogP) is 5.04. The van der Waals surface area contributed by atoms with Crippen LogP contribution in [-0.2, 0) is 16.1 Å². The molecule has 1 aromatic carbocycles. The zero-order valence-corrected chi connectivity index (χ0v) is 17.0. The number of hydrogen-bond donors (Lipinski definition) is 1. The molecule has 28 heavy (non-hydrogen) atoms. The molecule has 1 N–H and O–H groups in total. The van der Waals surface area contributed by atoms with E-state index in [1.54, 1.807) is 0 Å². The Morgan fingerprint density at radius 1 is 1.07 bits per heavy atom. The van der Waals surface area contributed by atoms with Crippen LogP contribution in [-0.4, -0.2) is 41.2 Å². The number of carbonyl (C=O) groups is 1. The van der Waals surface area contributed by atoms with E-state index >= 15 is 0 Å². The van der Waals surface area contributed by atoms with Crippen molar-refractivity contribution < 1.29 is 14.6 Å². The highest BCUT2D eigenvalue weighted by Crippen LogP contribution is 2.37. The maximum atomic E-state index is 10.6. The minimum Gasteiger partial charge on any atom is -0.481 e. The molecule has 0 unspecified atom stereocenters. The minimum absolute atomic E-state index is 0.221. The minimum atomic E-state index is -0.722. The predicted molar refractivity (Wildman–Crippen MR) is 112 cm³/mol. The van der Waals surface area contributed by atoms with Gasteiger partial charge in [0.25, 0.3) is 0 Å². The van der Waals surface area contributed by atoms with Crippen LogP contribution in [0.5, 0.6) is 0 Å². The fraction of sp³-hybridized carbons (Fsp3) is 0.625. The highest BCUT2D eigenvalue weighted by Gasteiger charge is 2.39. The Morgan fingerprint density at radius 3 is 2.57 bits per heavy atom. The Labute approximate surface area is 169 Å². The number of carboxylic acid groups (broad SMARTS) is 1. The second-order valence-electron chi connectivity index (χ2n) is 8.22. The lowest BCUT2D eigenvalue weighted by Gasteiger charge is -2.37. The molecule has 0 spiro atoms. The first kappa shape index (κ1) is 21.1. The molecular weight excluding hydrogens is 350 g/mol. The first-order valence-corrected chi connectivity index (χ1v) is 11.0. The average molecular weight is 386 g/mol. The van der Waals surface area contributed by atoms with Crippen molar-refractivity contribution in [1.82, 2.24) is 4.90 Å². The number of likely N-dealkylation sites (tertiary alicyclic amines) is 1. The molecule has 0 amide bonds. The molecule has 3 rings (SSSR count). The van der Waals surface area contributed by atoms with Gasteiger partial charge in [0.05, 0.1) is 12.7 Å². The van der Waals surface area contributed by atoms with Gasteiger partial charge in [0.1, 0.15) is 0 Å². The first-order chi connectivity index (χ1) is 13.7. The van der Waals surface area contributed by atoms with E-state index in [1.807, 2.05) is 12.1 Å². The highest BCUT2D eigenvalue weighted by molar-refractivity contribution is 5.66. The van der Waals surface area contributed by atoms with Gasteiger partial charge < -0.3 is 14.7 Å². The summed E-state index contributed by atoms with van der Waals surface area (Å²) in [7, 11) is 0. The molecule has 154 valence electrons. The number of benzene rings is 1. The molecule has 1 saturated heterocycles. The van der Waals surface area contributed by atoms with Crippen LogP contribution in [0.1, 0.15) is 63.4 Å². The monoisotopic (exact) mass is 385 g/mol. The number of nitrogens with zero attached hydrogens (tertiary/aromatic N) is 1. The van der Waals surface area contributed by atoms with Crippen LogP contribution in [0.2, 0.25) is 0 Å². The van der Waals surface area contributed by atoms with Crippen LogP contribution < -0.4 is 0 Å². The molecule has 4 heteroatoms. The van der Waals surface area contributed by atoms with Crippen LogP contribution in [0, 0.1) is 5.92 Å². The third-order valence-electron chi connectivity index (χ3n) is 6.24. The standard InChI is InChI=1S/C24H35NO3/c26-24(27)14-8-2-1-7-13-21-22(25-17-9-4-10-18-25)15-16-23(21)28-19-20-11-5-3-6-12-20/h1-3,5-6,11-12,21-23H,4,7-10,13-19H2,(H,26,27)/b2-1-/t21-,22+,23+/m1/s1. The first-order valence-electron chi connectivity index (χ1n) is 11.0. The van der Waals surface area contributed by atoms with Gasteiger partial charge in [0.15, 0.2) is 0 Å². The number of aliphatic carboxylic acids is 1. The summed E-state index contributed by atoms with van der Waals surface area (Å²) in [6.07, 6.45) is 13.9. The van der Waals surface area contributed by atoms with E-state index < -0.39 is 5.97 Å². The third-order valence-corrected chi connectivity index (χ3v) is 6.24. The van der Waals surface area contributed by atoms with Crippen LogP contribution in [0.3, 0.4) is 0 Å². The number of allylic oxidation sites excluding steroid dienone is 2. The van der Waals surface area contributed by atoms with Gasteiger partial charge in [-0.05, 0) is 63.6 Å². The SMILES string of the molecule is O=C(O)CC/C=C\CC[C@H]1[C@@H](OCc2ccccc2)CC[C@@H]1N1CCCCC1. The van der Waals surface area contributed by atoms with Gasteiger partial charge >= 0.3 is 5.97 Å². The molecule has 1 saturated carbocycles. The van der Waals surface area contributed by atoms with Crippen LogP contribution >= 0.6 is 0 Å². The van der Waals surface area contributed by atoms with Crippen molar-refractivity contribution in [2.45, 2.75) is 76.5 Å². The lowest BCUT2D eigenvalue weighted by Crippen LogP contribution is -2.43. The summed E-state index contributed by atoms with van der Waals surface area (Å²) in [5.74, 6) is -0.147. The van der Waals surface area contributed by atoms with Gasteiger partial charge in [0.2, 0.25) is 0 Å². The Hall–Kier alpha value is -1.65. The van der Waals surface area contributed by atoms with Crippen molar-refractivity contribution in [1.29, 1.82) is 0 Å². The van der Waals surface area contributed by atoms with E-state index in [0.29, 0.717) is 31.1 Å². The molecule has 1 aromatic rings. The maximum Gasteiger partial charge on any atom is 0.303 e.